The fraction of sp³-hybridized carbons (Fsp3) is 0.625. The first-order chi connectivity index (χ1) is 8.08. The van der Waals surface area contributed by atoms with E-state index in [1.54, 1.807) is 0 Å². The average molecular weight is 249 g/mol. The van der Waals surface area contributed by atoms with Crippen LogP contribution in [0, 0.1) is 0 Å². The van der Waals surface area contributed by atoms with Crippen LogP contribution in [0.4, 0.5) is 0 Å². The first-order valence-corrected chi connectivity index (χ1v) is 6.58. The quantitative estimate of drug-likeness (QED) is 0.886. The summed E-state index contributed by atoms with van der Waals surface area (Å²) in [5, 5.41) is 9.78. The molecule has 0 aliphatic rings. The van der Waals surface area contributed by atoms with Crippen LogP contribution in [0.3, 0.4) is 0 Å². The molecule has 0 radical (unpaired) electrons. The van der Waals surface area contributed by atoms with Crippen LogP contribution in [-0.4, -0.2) is 29.2 Å². The van der Waals surface area contributed by atoms with E-state index < -0.39 is 5.60 Å². The summed E-state index contributed by atoms with van der Waals surface area (Å²) in [6.07, 6.45) is 0. The Bertz CT molecular complexity index is 368. The topological polar surface area (TPSA) is 23.5 Å². The highest BCUT2D eigenvalue weighted by Gasteiger charge is 2.16. The lowest BCUT2D eigenvalue weighted by molar-refractivity contribution is 0.0425. The normalized spacial score (nSPS) is 13.1. The SMILES string of the molecule is CN(Cc1ccc(C(C)(C)C)cc1)CC(C)(C)O. The van der Waals surface area contributed by atoms with Gasteiger partial charge in [-0.2, -0.15) is 0 Å². The molecule has 0 amide bonds. The third kappa shape index (κ3) is 5.19. The Labute approximate surface area is 112 Å². The minimum atomic E-state index is -0.639. The lowest BCUT2D eigenvalue weighted by Crippen LogP contribution is -2.35. The van der Waals surface area contributed by atoms with Crippen molar-refractivity contribution in [3.63, 3.8) is 0 Å². The van der Waals surface area contributed by atoms with Gasteiger partial charge in [0.2, 0.25) is 0 Å². The van der Waals surface area contributed by atoms with Gasteiger partial charge in [-0.15, -0.1) is 0 Å². The van der Waals surface area contributed by atoms with Gasteiger partial charge in [-0.25, -0.2) is 0 Å². The second-order valence-corrected chi connectivity index (χ2v) is 6.93. The first-order valence-electron chi connectivity index (χ1n) is 6.58. The molecule has 0 heterocycles. The molecular weight excluding hydrogens is 222 g/mol. The zero-order valence-corrected chi connectivity index (χ0v) is 12.6. The van der Waals surface area contributed by atoms with Gasteiger partial charge in [-0.05, 0) is 37.4 Å². The number of hydrogen-bond acceptors (Lipinski definition) is 2. The van der Waals surface area contributed by atoms with Crippen LogP contribution in [0.2, 0.25) is 0 Å². The predicted octanol–water partition coefficient (Wildman–Crippen LogP) is 3.19. The molecular formula is C16H27NO. The van der Waals surface area contributed by atoms with Gasteiger partial charge in [0.25, 0.3) is 0 Å². The molecule has 0 bridgehead atoms. The van der Waals surface area contributed by atoms with Gasteiger partial charge < -0.3 is 5.11 Å². The Hall–Kier alpha value is -0.860. The Kier molecular flexibility index (Phi) is 4.57. The molecule has 0 saturated carbocycles. The second kappa shape index (κ2) is 5.41. The van der Waals surface area contributed by atoms with Gasteiger partial charge in [0.15, 0.2) is 0 Å². The summed E-state index contributed by atoms with van der Waals surface area (Å²) in [6.45, 7) is 11.9. The minimum absolute atomic E-state index is 0.206. The summed E-state index contributed by atoms with van der Waals surface area (Å²) in [7, 11) is 2.04. The number of nitrogens with zero attached hydrogens (tertiary/aromatic N) is 1. The molecule has 18 heavy (non-hydrogen) atoms. The Morgan fingerprint density at radius 1 is 1.00 bits per heavy atom. The highest BCUT2D eigenvalue weighted by atomic mass is 16.3. The van der Waals surface area contributed by atoms with Crippen LogP contribution < -0.4 is 0 Å². The molecule has 1 rings (SSSR count). The van der Waals surface area contributed by atoms with E-state index in [2.05, 4.69) is 49.9 Å². The second-order valence-electron chi connectivity index (χ2n) is 6.93. The number of aliphatic hydroxyl groups is 1. The van der Waals surface area contributed by atoms with Crippen LogP contribution in [0.25, 0.3) is 0 Å². The van der Waals surface area contributed by atoms with E-state index in [1.807, 2.05) is 20.9 Å². The Balaban J connectivity index is 2.64. The van der Waals surface area contributed by atoms with Gasteiger partial charge in [-0.1, -0.05) is 45.0 Å². The first kappa shape index (κ1) is 15.2. The van der Waals surface area contributed by atoms with Crippen molar-refractivity contribution in [3.05, 3.63) is 35.4 Å². The molecule has 0 atom stereocenters. The summed E-state index contributed by atoms with van der Waals surface area (Å²) in [5.74, 6) is 0. The third-order valence-corrected chi connectivity index (χ3v) is 2.93. The standard InChI is InChI=1S/C16H27NO/c1-15(2,3)14-9-7-13(8-10-14)11-17(6)12-16(4,5)18/h7-10,18H,11-12H2,1-6H3. The van der Waals surface area contributed by atoms with E-state index in [-0.39, 0.29) is 5.41 Å². The lowest BCUT2D eigenvalue weighted by atomic mass is 9.87. The molecule has 0 unspecified atom stereocenters. The van der Waals surface area contributed by atoms with Crippen molar-refractivity contribution in [1.82, 2.24) is 4.90 Å². The molecule has 102 valence electrons. The molecule has 0 spiro atoms. The fourth-order valence-corrected chi connectivity index (χ4v) is 2.14. The van der Waals surface area contributed by atoms with Crippen LogP contribution in [-0.2, 0) is 12.0 Å². The van der Waals surface area contributed by atoms with Crippen molar-refractivity contribution < 1.29 is 5.11 Å². The van der Waals surface area contributed by atoms with Gasteiger partial charge in [0.05, 0.1) is 5.60 Å². The average Bonchev–Trinajstić information content (AvgIpc) is 2.13. The Morgan fingerprint density at radius 3 is 1.89 bits per heavy atom. The molecule has 0 aliphatic carbocycles. The van der Waals surface area contributed by atoms with Gasteiger partial charge in [0.1, 0.15) is 0 Å². The summed E-state index contributed by atoms with van der Waals surface area (Å²) in [6, 6.07) is 8.77. The smallest absolute Gasteiger partial charge is 0.0718 e. The molecule has 1 aromatic rings. The van der Waals surface area contributed by atoms with E-state index >= 15 is 0 Å². The molecule has 2 heteroatoms. The molecule has 0 fully saturated rings. The van der Waals surface area contributed by atoms with Crippen LogP contribution in [0.5, 0.6) is 0 Å². The largest absolute Gasteiger partial charge is 0.389 e. The minimum Gasteiger partial charge on any atom is -0.389 e. The monoisotopic (exact) mass is 249 g/mol. The summed E-state index contributed by atoms with van der Waals surface area (Å²) in [5.41, 5.74) is 2.21. The Morgan fingerprint density at radius 2 is 1.50 bits per heavy atom. The molecule has 0 aliphatic heterocycles. The van der Waals surface area contributed by atoms with Crippen LogP contribution in [0.1, 0.15) is 45.7 Å². The van der Waals surface area contributed by atoms with E-state index in [4.69, 9.17) is 0 Å². The van der Waals surface area contributed by atoms with Gasteiger partial charge >= 0.3 is 0 Å². The third-order valence-electron chi connectivity index (χ3n) is 2.93. The maximum absolute atomic E-state index is 9.78. The van der Waals surface area contributed by atoms with Crippen molar-refractivity contribution in [2.24, 2.45) is 0 Å². The summed E-state index contributed by atoms with van der Waals surface area (Å²) < 4.78 is 0. The van der Waals surface area contributed by atoms with Crippen LogP contribution >= 0.6 is 0 Å². The molecule has 0 aromatic heterocycles. The van der Waals surface area contributed by atoms with E-state index in [9.17, 15) is 5.11 Å². The highest BCUT2D eigenvalue weighted by molar-refractivity contribution is 5.27. The van der Waals surface area contributed by atoms with E-state index in [0.29, 0.717) is 6.54 Å². The highest BCUT2D eigenvalue weighted by Crippen LogP contribution is 2.22. The van der Waals surface area contributed by atoms with E-state index in [1.165, 1.54) is 11.1 Å². The van der Waals surface area contributed by atoms with Crippen LogP contribution in [0.15, 0.2) is 24.3 Å². The van der Waals surface area contributed by atoms with E-state index in [0.717, 1.165) is 6.54 Å². The zero-order valence-electron chi connectivity index (χ0n) is 12.6. The summed E-state index contributed by atoms with van der Waals surface area (Å²) >= 11 is 0. The van der Waals surface area contributed by atoms with Crippen molar-refractivity contribution in [3.8, 4) is 0 Å². The molecule has 2 nitrogen and oxygen atoms in total. The van der Waals surface area contributed by atoms with Crippen molar-refractivity contribution in [2.45, 2.75) is 52.2 Å². The lowest BCUT2D eigenvalue weighted by Gasteiger charge is -2.26. The maximum Gasteiger partial charge on any atom is 0.0718 e. The fourth-order valence-electron chi connectivity index (χ4n) is 2.14. The predicted molar refractivity (Wildman–Crippen MR) is 77.8 cm³/mol. The number of likely N-dealkylation sites (N-methyl/N-ethyl adjacent to an activating group) is 1. The summed E-state index contributed by atoms with van der Waals surface area (Å²) in [4.78, 5) is 2.14. The molecule has 1 aromatic carbocycles. The zero-order chi connectivity index (χ0) is 14.0. The number of benzene rings is 1. The molecule has 0 saturated heterocycles. The maximum atomic E-state index is 9.78. The van der Waals surface area contributed by atoms with Gasteiger partial charge in [0, 0.05) is 13.1 Å². The number of rotatable bonds is 4. The van der Waals surface area contributed by atoms with Crippen molar-refractivity contribution in [1.29, 1.82) is 0 Å². The number of hydrogen-bond donors (Lipinski definition) is 1. The van der Waals surface area contributed by atoms with Crippen molar-refractivity contribution in [2.75, 3.05) is 13.6 Å². The molecule has 1 N–H and O–H groups in total. The van der Waals surface area contributed by atoms with Crippen molar-refractivity contribution >= 4 is 0 Å². The van der Waals surface area contributed by atoms with Gasteiger partial charge in [-0.3, -0.25) is 4.90 Å².